The molecule has 0 spiro atoms. The third-order valence-electron chi connectivity index (χ3n) is 2.74. The molecule has 0 bridgehead atoms. The number of methoxy groups -OCH3 is 1. The summed E-state index contributed by atoms with van der Waals surface area (Å²) in [6.45, 7) is 9.72. The molecule has 0 atom stereocenters. The molecule has 6 nitrogen and oxygen atoms in total. The molecule has 0 aliphatic carbocycles. The maximum Gasteiger partial charge on any atom is 0.242 e. The highest BCUT2D eigenvalue weighted by molar-refractivity contribution is 5.86. The molecular formula is C13H28N4O2. The normalized spacial score (nSPS) is 11.3. The van der Waals surface area contributed by atoms with Gasteiger partial charge in [-0.3, -0.25) is 9.79 Å². The van der Waals surface area contributed by atoms with Crippen molar-refractivity contribution in [2.75, 3.05) is 53.5 Å². The van der Waals surface area contributed by atoms with E-state index in [1.54, 1.807) is 7.11 Å². The summed E-state index contributed by atoms with van der Waals surface area (Å²) >= 11 is 0. The maximum atomic E-state index is 12.0. The lowest BCUT2D eigenvalue weighted by molar-refractivity contribution is -0.131. The number of likely N-dealkylation sites (N-methyl/N-ethyl adjacent to an activating group) is 2. The van der Waals surface area contributed by atoms with Gasteiger partial charge in [-0.25, -0.2) is 0 Å². The van der Waals surface area contributed by atoms with Crippen LogP contribution in [0.15, 0.2) is 4.99 Å². The van der Waals surface area contributed by atoms with Gasteiger partial charge in [-0.05, 0) is 20.8 Å². The Balaban J connectivity index is 4.50. The summed E-state index contributed by atoms with van der Waals surface area (Å²) in [6.07, 6.45) is 0. The summed E-state index contributed by atoms with van der Waals surface area (Å²) in [5.74, 6) is 0.852. The van der Waals surface area contributed by atoms with Crippen molar-refractivity contribution in [2.24, 2.45) is 4.99 Å². The molecule has 19 heavy (non-hydrogen) atoms. The number of hydrogen-bond acceptors (Lipinski definition) is 3. The Morgan fingerprint density at radius 1 is 1.26 bits per heavy atom. The third kappa shape index (κ3) is 7.00. The van der Waals surface area contributed by atoms with Crippen molar-refractivity contribution >= 4 is 11.9 Å². The van der Waals surface area contributed by atoms with E-state index >= 15 is 0 Å². The highest BCUT2D eigenvalue weighted by atomic mass is 16.5. The van der Waals surface area contributed by atoms with Crippen molar-refractivity contribution < 1.29 is 9.53 Å². The summed E-state index contributed by atoms with van der Waals surface area (Å²) in [6, 6.07) is 0. The van der Waals surface area contributed by atoms with Crippen LogP contribution in [0.3, 0.4) is 0 Å². The second kappa shape index (κ2) is 10.6. The highest BCUT2D eigenvalue weighted by Crippen LogP contribution is 1.93. The molecule has 6 heteroatoms. The Morgan fingerprint density at radius 3 is 2.37 bits per heavy atom. The molecule has 0 aliphatic rings. The minimum Gasteiger partial charge on any atom is -0.383 e. The lowest BCUT2D eigenvalue weighted by atomic mass is 10.4. The number of nitrogens with zero attached hydrogens (tertiary/aromatic N) is 3. The Labute approximate surface area is 116 Å². The van der Waals surface area contributed by atoms with Gasteiger partial charge in [-0.15, -0.1) is 0 Å². The lowest BCUT2D eigenvalue weighted by Gasteiger charge is -2.25. The molecule has 0 rings (SSSR count). The number of carbonyl (C=O) groups excluding carboxylic acids is 1. The number of guanidine groups is 1. The SMILES string of the molecule is CCNC(=NCCOC)N(C)CC(=O)N(CC)CC. The van der Waals surface area contributed by atoms with Crippen molar-refractivity contribution in [3.05, 3.63) is 0 Å². The van der Waals surface area contributed by atoms with Crippen LogP contribution in [0.1, 0.15) is 20.8 Å². The first kappa shape index (κ1) is 17.7. The van der Waals surface area contributed by atoms with Gasteiger partial charge in [-0.2, -0.15) is 0 Å². The van der Waals surface area contributed by atoms with Crippen LogP contribution >= 0.6 is 0 Å². The van der Waals surface area contributed by atoms with E-state index in [1.807, 2.05) is 37.6 Å². The quantitative estimate of drug-likeness (QED) is 0.395. The molecule has 0 radical (unpaired) electrons. The average molecular weight is 272 g/mol. The molecule has 0 unspecified atom stereocenters. The minimum atomic E-state index is 0.116. The number of nitrogens with one attached hydrogen (secondary N) is 1. The number of aliphatic imine (C=N–C) groups is 1. The van der Waals surface area contributed by atoms with Crippen molar-refractivity contribution in [2.45, 2.75) is 20.8 Å². The van der Waals surface area contributed by atoms with Crippen LogP contribution in [0.25, 0.3) is 0 Å². The number of amides is 1. The van der Waals surface area contributed by atoms with Crippen LogP contribution in [0.5, 0.6) is 0 Å². The van der Waals surface area contributed by atoms with E-state index in [9.17, 15) is 4.79 Å². The fraction of sp³-hybridized carbons (Fsp3) is 0.846. The molecule has 1 amide bonds. The summed E-state index contributed by atoms with van der Waals surface area (Å²) in [7, 11) is 3.52. The molecule has 0 fully saturated rings. The third-order valence-corrected chi connectivity index (χ3v) is 2.74. The van der Waals surface area contributed by atoms with Crippen molar-refractivity contribution in [1.82, 2.24) is 15.1 Å². The summed E-state index contributed by atoms with van der Waals surface area (Å²) in [5.41, 5.74) is 0. The molecule has 0 aromatic heterocycles. The Kier molecular flexibility index (Phi) is 9.88. The molecule has 0 heterocycles. The lowest BCUT2D eigenvalue weighted by Crippen LogP contribution is -2.45. The zero-order chi connectivity index (χ0) is 14.7. The molecule has 112 valence electrons. The fourth-order valence-electron chi connectivity index (χ4n) is 1.67. The standard InChI is InChI=1S/C13H28N4O2/c1-6-14-13(15-9-10-19-5)16(4)11-12(18)17(7-2)8-3/h6-11H2,1-5H3,(H,14,15). The fourth-order valence-corrected chi connectivity index (χ4v) is 1.67. The number of rotatable bonds is 8. The largest absolute Gasteiger partial charge is 0.383 e. The summed E-state index contributed by atoms with van der Waals surface area (Å²) < 4.78 is 4.98. The molecule has 0 aromatic rings. The van der Waals surface area contributed by atoms with Gasteiger partial charge in [0.15, 0.2) is 5.96 Å². The van der Waals surface area contributed by atoms with Gasteiger partial charge in [-0.1, -0.05) is 0 Å². The maximum absolute atomic E-state index is 12.0. The van der Waals surface area contributed by atoms with Crippen LogP contribution in [0, 0.1) is 0 Å². The first-order valence-electron chi connectivity index (χ1n) is 6.86. The van der Waals surface area contributed by atoms with Crippen LogP contribution in [-0.2, 0) is 9.53 Å². The van der Waals surface area contributed by atoms with E-state index in [0.717, 1.165) is 25.6 Å². The number of carbonyl (C=O) groups is 1. The number of hydrogen-bond donors (Lipinski definition) is 1. The topological polar surface area (TPSA) is 57.2 Å². The first-order chi connectivity index (χ1) is 9.10. The number of ether oxygens (including phenoxy) is 1. The van der Waals surface area contributed by atoms with Gasteiger partial charge in [0.25, 0.3) is 0 Å². The molecule has 0 aliphatic heterocycles. The van der Waals surface area contributed by atoms with E-state index < -0.39 is 0 Å². The predicted molar refractivity (Wildman–Crippen MR) is 78.4 cm³/mol. The van der Waals surface area contributed by atoms with E-state index in [-0.39, 0.29) is 5.91 Å². The second-order valence-corrected chi connectivity index (χ2v) is 4.15. The van der Waals surface area contributed by atoms with Gasteiger partial charge in [0, 0.05) is 33.8 Å². The van der Waals surface area contributed by atoms with Crippen LogP contribution in [-0.4, -0.2) is 75.2 Å². The van der Waals surface area contributed by atoms with Gasteiger partial charge in [0.2, 0.25) is 5.91 Å². The second-order valence-electron chi connectivity index (χ2n) is 4.15. The monoisotopic (exact) mass is 272 g/mol. The average Bonchev–Trinajstić information content (AvgIpc) is 2.39. The predicted octanol–water partition coefficient (Wildman–Crippen LogP) is 0.399. The van der Waals surface area contributed by atoms with Crippen LogP contribution in [0.2, 0.25) is 0 Å². The molecule has 0 saturated heterocycles. The molecular weight excluding hydrogens is 244 g/mol. The highest BCUT2D eigenvalue weighted by Gasteiger charge is 2.14. The van der Waals surface area contributed by atoms with Crippen LogP contribution in [0.4, 0.5) is 0 Å². The van der Waals surface area contributed by atoms with Gasteiger partial charge >= 0.3 is 0 Å². The zero-order valence-electron chi connectivity index (χ0n) is 12.9. The minimum absolute atomic E-state index is 0.116. The summed E-state index contributed by atoms with van der Waals surface area (Å²) in [4.78, 5) is 20.1. The van der Waals surface area contributed by atoms with E-state index in [2.05, 4.69) is 10.3 Å². The Hall–Kier alpha value is -1.30. The van der Waals surface area contributed by atoms with Crippen LogP contribution < -0.4 is 5.32 Å². The van der Waals surface area contributed by atoms with Crippen molar-refractivity contribution in [3.8, 4) is 0 Å². The summed E-state index contributed by atoms with van der Waals surface area (Å²) in [5, 5.41) is 3.17. The van der Waals surface area contributed by atoms with E-state index in [0.29, 0.717) is 19.7 Å². The smallest absolute Gasteiger partial charge is 0.242 e. The van der Waals surface area contributed by atoms with Gasteiger partial charge in [0.1, 0.15) is 0 Å². The van der Waals surface area contributed by atoms with Gasteiger partial charge < -0.3 is 19.9 Å². The van der Waals surface area contributed by atoms with E-state index in [1.165, 1.54) is 0 Å². The van der Waals surface area contributed by atoms with Gasteiger partial charge in [0.05, 0.1) is 19.7 Å². The molecule has 0 aromatic carbocycles. The Bertz CT molecular complexity index is 278. The Morgan fingerprint density at radius 2 is 1.89 bits per heavy atom. The molecule has 0 saturated carbocycles. The van der Waals surface area contributed by atoms with E-state index in [4.69, 9.17) is 4.74 Å². The molecule has 1 N–H and O–H groups in total. The van der Waals surface area contributed by atoms with Crippen molar-refractivity contribution in [1.29, 1.82) is 0 Å². The first-order valence-corrected chi connectivity index (χ1v) is 6.86. The van der Waals surface area contributed by atoms with Crippen molar-refractivity contribution in [3.63, 3.8) is 0 Å². The zero-order valence-corrected chi connectivity index (χ0v) is 12.9.